The van der Waals surface area contributed by atoms with Crippen LogP contribution in [0.4, 0.5) is 11.4 Å². The van der Waals surface area contributed by atoms with Crippen molar-refractivity contribution in [3.05, 3.63) is 83.2 Å². The van der Waals surface area contributed by atoms with E-state index in [2.05, 4.69) is 5.32 Å². The lowest BCUT2D eigenvalue weighted by atomic mass is 10.1. The molecule has 1 N–H and O–H groups in total. The van der Waals surface area contributed by atoms with E-state index >= 15 is 0 Å². The lowest BCUT2D eigenvalue weighted by molar-refractivity contribution is -0.125. The monoisotopic (exact) mass is 489 g/mol. The Labute approximate surface area is 205 Å². The first kappa shape index (κ1) is 22.1. The second-order valence-electron chi connectivity index (χ2n) is 7.78. The minimum atomic E-state index is -0.736. The second-order valence-corrected chi connectivity index (χ2v) is 9.05. The fourth-order valence-corrected chi connectivity index (χ4v) is 4.95. The molecule has 5 rings (SSSR count). The molecule has 1 atom stereocenters. The van der Waals surface area contributed by atoms with E-state index < -0.39 is 6.04 Å². The zero-order valence-electron chi connectivity index (χ0n) is 18.2. The fourth-order valence-electron chi connectivity index (χ4n) is 3.81. The van der Waals surface area contributed by atoms with E-state index in [1.165, 1.54) is 16.2 Å². The van der Waals surface area contributed by atoms with Crippen LogP contribution in [0.2, 0.25) is 5.02 Å². The molecule has 1 unspecified atom stereocenters. The van der Waals surface area contributed by atoms with Crippen molar-refractivity contribution in [3.8, 4) is 27.6 Å². The highest BCUT2D eigenvalue weighted by Gasteiger charge is 2.33. The van der Waals surface area contributed by atoms with Crippen LogP contribution in [0.3, 0.4) is 0 Å². The summed E-state index contributed by atoms with van der Waals surface area (Å²) in [5, 5.41) is 6.25. The zero-order chi connectivity index (χ0) is 23.7. The molecule has 1 aliphatic rings. The summed E-state index contributed by atoms with van der Waals surface area (Å²) in [7, 11) is 0. The van der Waals surface area contributed by atoms with Crippen molar-refractivity contribution in [2.24, 2.45) is 0 Å². The molecule has 0 aliphatic carbocycles. The standard InChI is InChI=1S/C26H20ClN3O3S/c1-16(25(32)28-18-7-3-2-4-8-18)30-22-13-17(11-12-23(22)33-14-24(30)31)21-15-34-26(29-21)19-9-5-6-10-20(19)27/h2-13,15-16H,14H2,1H3,(H,28,32). The maximum absolute atomic E-state index is 12.9. The Hall–Kier alpha value is -3.68. The van der Waals surface area contributed by atoms with Gasteiger partial charge >= 0.3 is 0 Å². The lowest BCUT2D eigenvalue weighted by Crippen LogP contribution is -2.49. The van der Waals surface area contributed by atoms with Gasteiger partial charge in [-0.2, -0.15) is 0 Å². The fraction of sp³-hybridized carbons (Fsp3) is 0.115. The smallest absolute Gasteiger partial charge is 0.265 e. The van der Waals surface area contributed by atoms with E-state index in [1.807, 2.05) is 60.0 Å². The molecule has 0 saturated carbocycles. The van der Waals surface area contributed by atoms with Gasteiger partial charge in [0.25, 0.3) is 5.91 Å². The first-order chi connectivity index (χ1) is 16.5. The van der Waals surface area contributed by atoms with Crippen LogP contribution in [0.15, 0.2) is 78.2 Å². The molecule has 0 bridgehead atoms. The van der Waals surface area contributed by atoms with E-state index in [0.29, 0.717) is 22.1 Å². The Morgan fingerprint density at radius 1 is 1.12 bits per heavy atom. The van der Waals surface area contributed by atoms with Gasteiger partial charge in [0.1, 0.15) is 16.8 Å². The Bertz CT molecular complexity index is 1370. The van der Waals surface area contributed by atoms with Crippen molar-refractivity contribution in [2.75, 3.05) is 16.8 Å². The molecule has 0 spiro atoms. The molecule has 6 nitrogen and oxygen atoms in total. The number of hydrogen-bond acceptors (Lipinski definition) is 5. The number of thiazole rings is 1. The van der Waals surface area contributed by atoms with Crippen LogP contribution in [-0.4, -0.2) is 29.4 Å². The average Bonchev–Trinajstić information content (AvgIpc) is 3.34. The summed E-state index contributed by atoms with van der Waals surface area (Å²) in [6.07, 6.45) is 0. The largest absolute Gasteiger partial charge is 0.482 e. The highest BCUT2D eigenvalue weighted by molar-refractivity contribution is 7.13. The summed E-state index contributed by atoms with van der Waals surface area (Å²) in [6, 6.07) is 21.5. The van der Waals surface area contributed by atoms with Gasteiger partial charge in [-0.3, -0.25) is 14.5 Å². The number of nitrogens with zero attached hydrogens (tertiary/aromatic N) is 2. The summed E-state index contributed by atoms with van der Waals surface area (Å²) in [5.74, 6) is -0.0212. The van der Waals surface area contributed by atoms with Crippen molar-refractivity contribution < 1.29 is 14.3 Å². The maximum Gasteiger partial charge on any atom is 0.265 e. The van der Waals surface area contributed by atoms with Crippen molar-refractivity contribution in [3.63, 3.8) is 0 Å². The van der Waals surface area contributed by atoms with E-state index in [-0.39, 0.29) is 18.4 Å². The summed E-state index contributed by atoms with van der Waals surface area (Å²) in [5.41, 5.74) is 3.64. The molecule has 0 radical (unpaired) electrons. The van der Waals surface area contributed by atoms with Crippen molar-refractivity contribution in [1.82, 2.24) is 4.98 Å². The summed E-state index contributed by atoms with van der Waals surface area (Å²) < 4.78 is 5.64. The van der Waals surface area contributed by atoms with Crippen LogP contribution < -0.4 is 15.0 Å². The number of aromatic nitrogens is 1. The third-order valence-electron chi connectivity index (χ3n) is 5.55. The van der Waals surface area contributed by atoms with Crippen molar-refractivity contribution >= 4 is 46.1 Å². The number of nitrogens with one attached hydrogen (secondary N) is 1. The van der Waals surface area contributed by atoms with Gasteiger partial charge in [-0.1, -0.05) is 48.0 Å². The van der Waals surface area contributed by atoms with Gasteiger partial charge in [0, 0.05) is 22.2 Å². The van der Waals surface area contributed by atoms with Crippen LogP contribution in [-0.2, 0) is 9.59 Å². The minimum absolute atomic E-state index is 0.122. The molecule has 170 valence electrons. The third kappa shape index (κ3) is 4.27. The number of hydrogen-bond donors (Lipinski definition) is 1. The van der Waals surface area contributed by atoms with Gasteiger partial charge in [-0.25, -0.2) is 4.98 Å². The van der Waals surface area contributed by atoms with E-state index in [9.17, 15) is 9.59 Å². The number of rotatable bonds is 5. The van der Waals surface area contributed by atoms with Crippen molar-refractivity contribution in [1.29, 1.82) is 0 Å². The number of ether oxygens (including phenoxy) is 1. The van der Waals surface area contributed by atoms with Crippen molar-refractivity contribution in [2.45, 2.75) is 13.0 Å². The third-order valence-corrected chi connectivity index (χ3v) is 6.76. The number of amides is 2. The zero-order valence-corrected chi connectivity index (χ0v) is 19.8. The predicted octanol–water partition coefficient (Wildman–Crippen LogP) is 5.88. The number of para-hydroxylation sites is 1. The highest BCUT2D eigenvalue weighted by atomic mass is 35.5. The van der Waals surface area contributed by atoms with Crippen LogP contribution in [0.25, 0.3) is 21.8 Å². The van der Waals surface area contributed by atoms with Gasteiger partial charge in [-0.15, -0.1) is 11.3 Å². The summed E-state index contributed by atoms with van der Waals surface area (Å²) in [6.45, 7) is 1.58. The summed E-state index contributed by atoms with van der Waals surface area (Å²) in [4.78, 5) is 32.0. The molecule has 34 heavy (non-hydrogen) atoms. The first-order valence-electron chi connectivity index (χ1n) is 10.7. The molecule has 4 aromatic rings. The van der Waals surface area contributed by atoms with Gasteiger partial charge < -0.3 is 10.1 Å². The molecule has 1 aliphatic heterocycles. The molecule has 0 saturated heterocycles. The maximum atomic E-state index is 12.9. The SMILES string of the molecule is CC(C(=O)Nc1ccccc1)N1C(=O)COc2ccc(-c3csc(-c4ccccc4Cl)n3)cc21. The molecular formula is C26H20ClN3O3S. The number of carbonyl (C=O) groups excluding carboxylic acids is 2. The van der Waals surface area contributed by atoms with Crippen LogP contribution in [0, 0.1) is 0 Å². The van der Waals surface area contributed by atoms with Crippen LogP contribution in [0.5, 0.6) is 5.75 Å². The topological polar surface area (TPSA) is 71.5 Å². The Morgan fingerprint density at radius 2 is 1.88 bits per heavy atom. The van der Waals surface area contributed by atoms with Gasteiger partial charge in [0.15, 0.2) is 6.61 Å². The van der Waals surface area contributed by atoms with E-state index in [1.54, 1.807) is 25.1 Å². The van der Waals surface area contributed by atoms with Gasteiger partial charge in [0.2, 0.25) is 5.91 Å². The normalized spacial score (nSPS) is 13.7. The average molecular weight is 490 g/mol. The molecule has 8 heteroatoms. The lowest BCUT2D eigenvalue weighted by Gasteiger charge is -2.33. The first-order valence-corrected chi connectivity index (χ1v) is 11.9. The van der Waals surface area contributed by atoms with E-state index in [4.69, 9.17) is 21.3 Å². The molecule has 1 aromatic heterocycles. The predicted molar refractivity (Wildman–Crippen MR) is 136 cm³/mol. The molecule has 2 amide bonds. The molecule has 2 heterocycles. The Balaban J connectivity index is 1.46. The summed E-state index contributed by atoms with van der Waals surface area (Å²) >= 11 is 7.83. The molecule has 0 fully saturated rings. The number of fused-ring (bicyclic) bond motifs is 1. The second kappa shape index (κ2) is 9.29. The van der Waals surface area contributed by atoms with Gasteiger partial charge in [0.05, 0.1) is 16.4 Å². The quantitative estimate of drug-likeness (QED) is 0.380. The minimum Gasteiger partial charge on any atom is -0.482 e. The Kier molecular flexibility index (Phi) is 6.04. The Morgan fingerprint density at radius 3 is 2.68 bits per heavy atom. The molecule has 3 aromatic carbocycles. The number of anilines is 2. The van der Waals surface area contributed by atoms with Gasteiger partial charge in [-0.05, 0) is 43.3 Å². The van der Waals surface area contributed by atoms with Crippen LogP contribution >= 0.6 is 22.9 Å². The molecular weight excluding hydrogens is 470 g/mol. The number of halogens is 1. The number of carbonyl (C=O) groups is 2. The highest BCUT2D eigenvalue weighted by Crippen LogP contribution is 2.39. The van der Waals surface area contributed by atoms with Crippen LogP contribution in [0.1, 0.15) is 6.92 Å². The van der Waals surface area contributed by atoms with E-state index in [0.717, 1.165) is 21.8 Å². The number of benzene rings is 3.